The first-order valence-electron chi connectivity index (χ1n) is 6.55. The maximum absolute atomic E-state index is 6.34. The Kier molecular flexibility index (Phi) is 2.80. The number of nitrogens with two attached hydrogens (primary N) is 1. The number of nitrogens with zero attached hydrogens (tertiary/aromatic N) is 2. The fraction of sp³-hybridized carbons (Fsp3) is 0.0625. The monoisotopic (exact) mass is 357 g/mol. The van der Waals surface area contributed by atoms with Crippen LogP contribution in [-0.4, -0.2) is 9.38 Å². The van der Waals surface area contributed by atoms with Crippen LogP contribution in [0.1, 0.15) is 5.56 Å². The molecule has 0 aliphatic heterocycles. The van der Waals surface area contributed by atoms with Gasteiger partial charge in [-0.3, -0.25) is 4.40 Å². The highest BCUT2D eigenvalue weighted by Gasteiger charge is 2.16. The van der Waals surface area contributed by atoms with Crippen molar-refractivity contribution in [1.82, 2.24) is 9.38 Å². The number of rotatable bonds is 1. The lowest BCUT2D eigenvalue weighted by atomic mass is 10.1. The molecule has 4 aromatic rings. The van der Waals surface area contributed by atoms with Crippen molar-refractivity contribution >= 4 is 48.8 Å². The number of imidazole rings is 1. The molecule has 3 aromatic heterocycles. The first kappa shape index (κ1) is 12.9. The van der Waals surface area contributed by atoms with Crippen molar-refractivity contribution in [2.45, 2.75) is 6.92 Å². The summed E-state index contributed by atoms with van der Waals surface area (Å²) < 4.78 is 4.20. The van der Waals surface area contributed by atoms with E-state index in [0.717, 1.165) is 26.9 Å². The Morgan fingerprint density at radius 1 is 1.29 bits per heavy atom. The van der Waals surface area contributed by atoms with Crippen molar-refractivity contribution in [2.75, 3.05) is 5.73 Å². The standard InChI is InChI=1S/C16H12BrN3S/c1-9-6-10(17)7-20-15(18)14(19-16(9)20)12-8-21-13-5-3-2-4-11(12)13/h2-8H,18H2,1H3. The van der Waals surface area contributed by atoms with Crippen LogP contribution < -0.4 is 5.73 Å². The molecule has 0 aliphatic carbocycles. The van der Waals surface area contributed by atoms with Gasteiger partial charge < -0.3 is 5.73 Å². The molecule has 21 heavy (non-hydrogen) atoms. The summed E-state index contributed by atoms with van der Waals surface area (Å²) in [5.74, 6) is 0.679. The highest BCUT2D eigenvalue weighted by molar-refractivity contribution is 9.10. The van der Waals surface area contributed by atoms with Gasteiger partial charge in [0, 0.05) is 31.7 Å². The second kappa shape index (κ2) is 4.58. The molecule has 1 aromatic carbocycles. The average Bonchev–Trinajstić information content (AvgIpc) is 3.01. The lowest BCUT2D eigenvalue weighted by Gasteiger charge is -2.01. The molecule has 2 N–H and O–H groups in total. The SMILES string of the molecule is Cc1cc(Br)cn2c(N)c(-c3csc4ccccc34)nc12. The van der Waals surface area contributed by atoms with Crippen LogP contribution in [0.15, 0.2) is 46.4 Å². The van der Waals surface area contributed by atoms with Crippen LogP contribution in [0.3, 0.4) is 0 Å². The summed E-state index contributed by atoms with van der Waals surface area (Å²) >= 11 is 5.23. The fourth-order valence-corrected chi connectivity index (χ4v) is 4.14. The zero-order chi connectivity index (χ0) is 14.6. The van der Waals surface area contributed by atoms with Gasteiger partial charge in [0.15, 0.2) is 0 Å². The van der Waals surface area contributed by atoms with E-state index in [0.29, 0.717) is 5.82 Å². The van der Waals surface area contributed by atoms with Gasteiger partial charge >= 0.3 is 0 Å². The maximum Gasteiger partial charge on any atom is 0.142 e. The zero-order valence-corrected chi connectivity index (χ0v) is 13.7. The van der Waals surface area contributed by atoms with E-state index in [1.165, 1.54) is 10.1 Å². The minimum Gasteiger partial charge on any atom is -0.383 e. The number of anilines is 1. The second-order valence-corrected chi connectivity index (χ2v) is 6.85. The third-order valence-corrected chi connectivity index (χ3v) is 5.04. The smallest absolute Gasteiger partial charge is 0.142 e. The maximum atomic E-state index is 6.34. The van der Waals surface area contributed by atoms with Crippen LogP contribution in [0, 0.1) is 6.92 Å². The summed E-state index contributed by atoms with van der Waals surface area (Å²) in [6.45, 7) is 2.04. The van der Waals surface area contributed by atoms with Crippen LogP contribution in [0.4, 0.5) is 5.82 Å². The van der Waals surface area contributed by atoms with Crippen molar-refractivity contribution in [3.8, 4) is 11.3 Å². The summed E-state index contributed by atoms with van der Waals surface area (Å²) in [5, 5.41) is 3.34. The minimum absolute atomic E-state index is 0.679. The van der Waals surface area contributed by atoms with Gasteiger partial charge in [0.2, 0.25) is 0 Å². The molecule has 3 nitrogen and oxygen atoms in total. The van der Waals surface area contributed by atoms with Crippen LogP contribution >= 0.6 is 27.3 Å². The molecular weight excluding hydrogens is 346 g/mol. The lowest BCUT2D eigenvalue weighted by Crippen LogP contribution is -1.95. The summed E-state index contributed by atoms with van der Waals surface area (Å²) in [6, 6.07) is 10.4. The first-order chi connectivity index (χ1) is 10.1. The van der Waals surface area contributed by atoms with E-state index in [1.54, 1.807) is 11.3 Å². The first-order valence-corrected chi connectivity index (χ1v) is 8.22. The lowest BCUT2D eigenvalue weighted by molar-refractivity contribution is 1.16. The number of nitrogen functional groups attached to an aromatic ring is 1. The Hall–Kier alpha value is -1.85. The highest BCUT2D eigenvalue weighted by atomic mass is 79.9. The second-order valence-electron chi connectivity index (χ2n) is 5.03. The predicted octanol–water partition coefficient (Wildman–Crippen LogP) is 4.87. The Morgan fingerprint density at radius 2 is 2.10 bits per heavy atom. The Labute approximate surface area is 134 Å². The number of aromatic nitrogens is 2. The summed E-state index contributed by atoms with van der Waals surface area (Å²) in [4.78, 5) is 4.77. The largest absolute Gasteiger partial charge is 0.383 e. The molecule has 0 saturated heterocycles. The van der Waals surface area contributed by atoms with Gasteiger partial charge in [-0.25, -0.2) is 4.98 Å². The summed E-state index contributed by atoms with van der Waals surface area (Å²) in [6.07, 6.45) is 1.96. The molecule has 5 heteroatoms. The molecule has 0 unspecified atom stereocenters. The number of hydrogen-bond donors (Lipinski definition) is 1. The van der Waals surface area contributed by atoms with Crippen molar-refractivity contribution in [1.29, 1.82) is 0 Å². The number of thiophene rings is 1. The number of fused-ring (bicyclic) bond motifs is 2. The highest BCUT2D eigenvalue weighted by Crippen LogP contribution is 2.37. The van der Waals surface area contributed by atoms with Gasteiger partial charge in [0.1, 0.15) is 17.2 Å². The molecule has 0 radical (unpaired) electrons. The molecule has 3 heterocycles. The van der Waals surface area contributed by atoms with Gasteiger partial charge in [-0.2, -0.15) is 0 Å². The molecule has 0 spiro atoms. The summed E-state index contributed by atoms with van der Waals surface area (Å²) in [7, 11) is 0. The molecule has 0 atom stereocenters. The van der Waals surface area contributed by atoms with Gasteiger partial charge in [0.25, 0.3) is 0 Å². The van der Waals surface area contributed by atoms with Crippen molar-refractivity contribution in [2.24, 2.45) is 0 Å². The van der Waals surface area contributed by atoms with Crippen LogP contribution in [0.5, 0.6) is 0 Å². The number of halogens is 1. The zero-order valence-electron chi connectivity index (χ0n) is 11.3. The minimum atomic E-state index is 0.679. The average molecular weight is 358 g/mol. The van der Waals surface area contributed by atoms with Crippen molar-refractivity contribution in [3.63, 3.8) is 0 Å². The van der Waals surface area contributed by atoms with Crippen LogP contribution in [0.25, 0.3) is 27.0 Å². The molecule has 0 aliphatic rings. The molecule has 0 bridgehead atoms. The van der Waals surface area contributed by atoms with Crippen molar-refractivity contribution in [3.05, 3.63) is 51.9 Å². The van der Waals surface area contributed by atoms with Gasteiger partial charge in [0.05, 0.1) is 0 Å². The van der Waals surface area contributed by atoms with E-state index < -0.39 is 0 Å². The van der Waals surface area contributed by atoms with E-state index in [-0.39, 0.29) is 0 Å². The summed E-state index contributed by atoms with van der Waals surface area (Å²) in [5.41, 5.74) is 10.3. The third-order valence-electron chi connectivity index (χ3n) is 3.64. The molecule has 4 rings (SSSR count). The topological polar surface area (TPSA) is 43.3 Å². The van der Waals surface area contributed by atoms with E-state index in [1.807, 2.05) is 23.6 Å². The fourth-order valence-electron chi connectivity index (χ4n) is 2.65. The van der Waals surface area contributed by atoms with E-state index in [4.69, 9.17) is 10.7 Å². The molecular formula is C16H12BrN3S. The molecule has 0 amide bonds. The van der Waals surface area contributed by atoms with E-state index >= 15 is 0 Å². The Bertz CT molecular complexity index is 984. The molecule has 104 valence electrons. The predicted molar refractivity (Wildman–Crippen MR) is 92.9 cm³/mol. The number of aryl methyl sites for hydroxylation is 1. The quantitative estimate of drug-likeness (QED) is 0.528. The Balaban J connectivity index is 2.07. The van der Waals surface area contributed by atoms with Gasteiger partial charge in [-0.1, -0.05) is 18.2 Å². The number of pyridine rings is 1. The van der Waals surface area contributed by atoms with Crippen LogP contribution in [-0.2, 0) is 0 Å². The van der Waals surface area contributed by atoms with Gasteiger partial charge in [-0.05, 0) is 40.5 Å². The normalized spacial score (nSPS) is 11.5. The Morgan fingerprint density at radius 3 is 2.95 bits per heavy atom. The number of hydrogen-bond acceptors (Lipinski definition) is 3. The van der Waals surface area contributed by atoms with Crippen molar-refractivity contribution < 1.29 is 0 Å². The third kappa shape index (κ3) is 1.88. The molecule has 0 fully saturated rings. The number of benzene rings is 1. The molecule has 0 saturated carbocycles. The van der Waals surface area contributed by atoms with E-state index in [2.05, 4.69) is 45.6 Å². The van der Waals surface area contributed by atoms with Gasteiger partial charge in [-0.15, -0.1) is 11.3 Å². The van der Waals surface area contributed by atoms with E-state index in [9.17, 15) is 0 Å². The van der Waals surface area contributed by atoms with Crippen LogP contribution in [0.2, 0.25) is 0 Å².